The summed E-state index contributed by atoms with van der Waals surface area (Å²) in [5.41, 5.74) is 1.24. The van der Waals surface area contributed by atoms with Gasteiger partial charge in [0.2, 0.25) is 0 Å². The van der Waals surface area contributed by atoms with Crippen LogP contribution in [0, 0.1) is 0 Å². The van der Waals surface area contributed by atoms with Crippen LogP contribution in [0.3, 0.4) is 0 Å². The highest BCUT2D eigenvalue weighted by atomic mass is 16.3. The second-order valence-corrected chi connectivity index (χ2v) is 3.93. The van der Waals surface area contributed by atoms with E-state index in [-0.39, 0.29) is 12.0 Å². The van der Waals surface area contributed by atoms with Crippen molar-refractivity contribution in [3.63, 3.8) is 0 Å². The van der Waals surface area contributed by atoms with Crippen molar-refractivity contribution in [2.45, 2.75) is 39.2 Å². The zero-order chi connectivity index (χ0) is 9.90. The minimum atomic E-state index is 0.140. The summed E-state index contributed by atoms with van der Waals surface area (Å²) in [5, 5.41) is 13.1. The van der Waals surface area contributed by atoms with Gasteiger partial charge in [-0.2, -0.15) is 5.10 Å². The first-order chi connectivity index (χ1) is 6.10. The molecule has 1 N–H and O–H groups in total. The van der Waals surface area contributed by atoms with Gasteiger partial charge in [0.1, 0.15) is 0 Å². The van der Waals surface area contributed by atoms with Crippen molar-refractivity contribution in [1.29, 1.82) is 0 Å². The number of aromatic nitrogens is 2. The van der Waals surface area contributed by atoms with Crippen LogP contribution in [0.15, 0.2) is 12.3 Å². The summed E-state index contributed by atoms with van der Waals surface area (Å²) in [5.74, 6) is 0. The summed E-state index contributed by atoms with van der Waals surface area (Å²) in [6.45, 7) is 7.25. The van der Waals surface area contributed by atoms with E-state index >= 15 is 0 Å². The molecule has 0 bridgehead atoms. The van der Waals surface area contributed by atoms with Gasteiger partial charge < -0.3 is 5.11 Å². The summed E-state index contributed by atoms with van der Waals surface area (Å²) in [6.07, 6.45) is 2.99. The molecule has 0 spiro atoms. The minimum Gasteiger partial charge on any atom is -0.394 e. The van der Waals surface area contributed by atoms with Gasteiger partial charge in [-0.1, -0.05) is 20.8 Å². The first kappa shape index (κ1) is 10.3. The highest BCUT2D eigenvalue weighted by Crippen LogP contribution is 2.24. The zero-order valence-corrected chi connectivity index (χ0v) is 8.62. The fraction of sp³-hybridized carbons (Fsp3) is 0.700. The molecule has 3 heteroatoms. The molecule has 0 aliphatic heterocycles. The van der Waals surface area contributed by atoms with E-state index in [1.54, 1.807) is 4.68 Å². The lowest BCUT2D eigenvalue weighted by Crippen LogP contribution is -2.17. The first-order valence-electron chi connectivity index (χ1n) is 4.75. The van der Waals surface area contributed by atoms with Crippen molar-refractivity contribution in [1.82, 2.24) is 9.78 Å². The molecule has 0 aromatic carbocycles. The van der Waals surface area contributed by atoms with Crippen LogP contribution in [0.25, 0.3) is 0 Å². The lowest BCUT2D eigenvalue weighted by Gasteiger charge is -2.19. The molecule has 0 amide bonds. The smallest absolute Gasteiger partial charge is 0.0680 e. The van der Waals surface area contributed by atoms with E-state index in [0.29, 0.717) is 6.54 Å². The van der Waals surface area contributed by atoms with Crippen LogP contribution in [0.4, 0.5) is 0 Å². The fourth-order valence-electron chi connectivity index (χ4n) is 1.13. The van der Waals surface area contributed by atoms with Crippen LogP contribution in [-0.2, 0) is 12.0 Å². The van der Waals surface area contributed by atoms with E-state index in [1.807, 2.05) is 12.3 Å². The number of aliphatic hydroxyl groups excluding tert-OH is 1. The Morgan fingerprint density at radius 1 is 1.54 bits per heavy atom. The number of rotatable bonds is 4. The number of aliphatic hydroxyl groups is 1. The molecular weight excluding hydrogens is 164 g/mol. The quantitative estimate of drug-likeness (QED) is 0.767. The molecule has 1 rings (SSSR count). The molecule has 1 aromatic rings. The summed E-state index contributed by atoms with van der Waals surface area (Å²) in [6, 6.07) is 2.03. The highest BCUT2D eigenvalue weighted by molar-refractivity contribution is 5.11. The van der Waals surface area contributed by atoms with E-state index in [2.05, 4.69) is 25.9 Å². The van der Waals surface area contributed by atoms with Gasteiger partial charge in [-0.05, 0) is 12.5 Å². The van der Waals surface area contributed by atoms with Crippen LogP contribution in [0.2, 0.25) is 0 Å². The number of nitrogens with zero attached hydrogens (tertiary/aromatic N) is 2. The highest BCUT2D eigenvalue weighted by Gasteiger charge is 2.20. The largest absolute Gasteiger partial charge is 0.394 e. The van der Waals surface area contributed by atoms with Gasteiger partial charge in [0.15, 0.2) is 0 Å². The first-order valence-corrected chi connectivity index (χ1v) is 4.75. The summed E-state index contributed by atoms with van der Waals surface area (Å²) in [4.78, 5) is 0. The average Bonchev–Trinajstić information content (AvgIpc) is 2.54. The Labute approximate surface area is 79.4 Å². The molecule has 0 aliphatic rings. The Balaban J connectivity index is 2.79. The molecule has 0 saturated carbocycles. The van der Waals surface area contributed by atoms with Crippen molar-refractivity contribution in [3.8, 4) is 0 Å². The Bertz CT molecular complexity index is 266. The van der Waals surface area contributed by atoms with Gasteiger partial charge in [0.05, 0.1) is 18.8 Å². The van der Waals surface area contributed by atoms with Crippen molar-refractivity contribution >= 4 is 0 Å². The number of hydrogen-bond donors (Lipinski definition) is 1. The Morgan fingerprint density at radius 3 is 2.77 bits per heavy atom. The molecule has 13 heavy (non-hydrogen) atoms. The van der Waals surface area contributed by atoms with Gasteiger partial charge >= 0.3 is 0 Å². The molecule has 74 valence electrons. The fourth-order valence-corrected chi connectivity index (χ4v) is 1.13. The maximum absolute atomic E-state index is 8.73. The molecular formula is C10H18N2O. The van der Waals surface area contributed by atoms with Gasteiger partial charge in [-0.15, -0.1) is 0 Å². The molecule has 0 radical (unpaired) electrons. The third-order valence-corrected chi connectivity index (χ3v) is 2.55. The molecule has 0 fully saturated rings. The molecule has 0 atom stereocenters. The predicted molar refractivity (Wildman–Crippen MR) is 52.6 cm³/mol. The van der Waals surface area contributed by atoms with Crippen molar-refractivity contribution in [2.24, 2.45) is 0 Å². The molecule has 1 aromatic heterocycles. The molecule has 1 heterocycles. The van der Waals surface area contributed by atoms with E-state index in [9.17, 15) is 0 Å². The molecule has 3 nitrogen and oxygen atoms in total. The summed E-state index contributed by atoms with van der Waals surface area (Å²) >= 11 is 0. The van der Waals surface area contributed by atoms with Crippen LogP contribution in [0.1, 0.15) is 32.9 Å². The normalized spacial score (nSPS) is 12.0. The van der Waals surface area contributed by atoms with Crippen LogP contribution in [0.5, 0.6) is 0 Å². The van der Waals surface area contributed by atoms with E-state index < -0.39 is 0 Å². The summed E-state index contributed by atoms with van der Waals surface area (Å²) < 4.78 is 1.78. The monoisotopic (exact) mass is 182 g/mol. The van der Waals surface area contributed by atoms with Crippen molar-refractivity contribution in [2.75, 3.05) is 6.61 Å². The van der Waals surface area contributed by atoms with Gasteiger partial charge in [0.25, 0.3) is 0 Å². The van der Waals surface area contributed by atoms with E-state index in [0.717, 1.165) is 12.1 Å². The topological polar surface area (TPSA) is 38.0 Å². The number of hydrogen-bond acceptors (Lipinski definition) is 2. The van der Waals surface area contributed by atoms with Crippen LogP contribution in [-0.4, -0.2) is 21.5 Å². The lowest BCUT2D eigenvalue weighted by atomic mass is 9.87. The molecule has 0 saturated heterocycles. The van der Waals surface area contributed by atoms with Gasteiger partial charge in [-0.25, -0.2) is 0 Å². The second kappa shape index (κ2) is 3.92. The maximum Gasteiger partial charge on any atom is 0.0680 e. The average molecular weight is 182 g/mol. The van der Waals surface area contributed by atoms with Crippen molar-refractivity contribution < 1.29 is 5.11 Å². The lowest BCUT2D eigenvalue weighted by molar-refractivity contribution is 0.268. The SMILES string of the molecule is CCC(C)(C)c1ccn(CCO)n1. The van der Waals surface area contributed by atoms with E-state index in [4.69, 9.17) is 5.11 Å². The van der Waals surface area contributed by atoms with Crippen molar-refractivity contribution in [3.05, 3.63) is 18.0 Å². The third kappa shape index (κ3) is 2.31. The van der Waals surface area contributed by atoms with Gasteiger partial charge in [0, 0.05) is 11.6 Å². The minimum absolute atomic E-state index is 0.140. The predicted octanol–water partition coefficient (Wildman–Crippen LogP) is 1.56. The Kier molecular flexibility index (Phi) is 3.09. The second-order valence-electron chi connectivity index (χ2n) is 3.93. The molecule has 0 aliphatic carbocycles. The Hall–Kier alpha value is -0.830. The standard InChI is InChI=1S/C10H18N2O/c1-4-10(2,3)9-5-6-12(11-9)7-8-13/h5-6,13H,4,7-8H2,1-3H3. The van der Waals surface area contributed by atoms with Gasteiger partial charge in [-0.3, -0.25) is 4.68 Å². The summed E-state index contributed by atoms with van der Waals surface area (Å²) in [7, 11) is 0. The van der Waals surface area contributed by atoms with Crippen LogP contribution < -0.4 is 0 Å². The zero-order valence-electron chi connectivity index (χ0n) is 8.62. The Morgan fingerprint density at radius 2 is 2.23 bits per heavy atom. The van der Waals surface area contributed by atoms with E-state index in [1.165, 1.54) is 0 Å². The molecule has 0 unspecified atom stereocenters. The maximum atomic E-state index is 8.73. The van der Waals surface area contributed by atoms with Crippen LogP contribution >= 0.6 is 0 Å². The third-order valence-electron chi connectivity index (χ3n) is 2.55.